The molecule has 0 spiro atoms. The van der Waals surface area contributed by atoms with Gasteiger partial charge in [0.25, 0.3) is 5.91 Å². The fourth-order valence-corrected chi connectivity index (χ4v) is 2.09. The van der Waals surface area contributed by atoms with Crippen molar-refractivity contribution in [3.05, 3.63) is 65.2 Å². The SMILES string of the molecule is Cc1ccc(C(=O)NCCc2ccc(N(C)C)cc2)cc1. The van der Waals surface area contributed by atoms with E-state index < -0.39 is 0 Å². The summed E-state index contributed by atoms with van der Waals surface area (Å²) < 4.78 is 0. The van der Waals surface area contributed by atoms with Gasteiger partial charge in [0.1, 0.15) is 0 Å². The molecule has 0 aromatic heterocycles. The molecular formula is C18H22N2O. The average Bonchev–Trinajstić information content (AvgIpc) is 2.48. The molecule has 0 atom stereocenters. The topological polar surface area (TPSA) is 32.3 Å². The maximum absolute atomic E-state index is 12.0. The first kappa shape index (κ1) is 15.1. The summed E-state index contributed by atoms with van der Waals surface area (Å²) in [5.41, 5.74) is 4.28. The first-order valence-corrected chi connectivity index (χ1v) is 7.17. The van der Waals surface area contributed by atoms with E-state index in [9.17, 15) is 4.79 Å². The van der Waals surface area contributed by atoms with Crippen LogP contribution >= 0.6 is 0 Å². The maximum atomic E-state index is 12.0. The number of carbonyl (C=O) groups excluding carboxylic acids is 1. The molecule has 0 heterocycles. The van der Waals surface area contributed by atoms with Gasteiger partial charge in [0.2, 0.25) is 0 Å². The molecule has 1 N–H and O–H groups in total. The van der Waals surface area contributed by atoms with Gasteiger partial charge < -0.3 is 10.2 Å². The Kier molecular flexibility index (Phi) is 4.99. The second-order valence-corrected chi connectivity index (χ2v) is 5.43. The van der Waals surface area contributed by atoms with E-state index in [-0.39, 0.29) is 5.91 Å². The Morgan fingerprint density at radius 1 is 1.00 bits per heavy atom. The largest absolute Gasteiger partial charge is 0.378 e. The van der Waals surface area contributed by atoms with Gasteiger partial charge in [-0.3, -0.25) is 4.79 Å². The highest BCUT2D eigenvalue weighted by Crippen LogP contribution is 2.12. The number of benzene rings is 2. The summed E-state index contributed by atoms with van der Waals surface area (Å²) in [6, 6.07) is 16.0. The Hall–Kier alpha value is -2.29. The fraction of sp³-hybridized carbons (Fsp3) is 0.278. The summed E-state index contributed by atoms with van der Waals surface area (Å²) in [7, 11) is 4.05. The highest BCUT2D eigenvalue weighted by atomic mass is 16.1. The zero-order valence-corrected chi connectivity index (χ0v) is 12.9. The lowest BCUT2D eigenvalue weighted by molar-refractivity contribution is 0.0954. The van der Waals surface area contributed by atoms with E-state index in [1.165, 1.54) is 11.3 Å². The molecule has 0 unspecified atom stereocenters. The van der Waals surface area contributed by atoms with Crippen molar-refractivity contribution >= 4 is 11.6 Å². The Balaban J connectivity index is 1.83. The number of hydrogen-bond acceptors (Lipinski definition) is 2. The Bertz CT molecular complexity index is 586. The van der Waals surface area contributed by atoms with Crippen molar-refractivity contribution in [1.29, 1.82) is 0 Å². The van der Waals surface area contributed by atoms with Crippen LogP contribution in [-0.2, 0) is 6.42 Å². The van der Waals surface area contributed by atoms with E-state index in [1.807, 2.05) is 45.3 Å². The van der Waals surface area contributed by atoms with Gasteiger partial charge in [-0.15, -0.1) is 0 Å². The highest BCUT2D eigenvalue weighted by Gasteiger charge is 2.04. The van der Waals surface area contributed by atoms with Crippen LogP contribution in [0, 0.1) is 6.92 Å². The molecule has 1 amide bonds. The van der Waals surface area contributed by atoms with Crippen LogP contribution < -0.4 is 10.2 Å². The monoisotopic (exact) mass is 282 g/mol. The molecule has 0 fully saturated rings. The number of anilines is 1. The van der Waals surface area contributed by atoms with Crippen molar-refractivity contribution in [2.75, 3.05) is 25.5 Å². The molecule has 0 bridgehead atoms. The van der Waals surface area contributed by atoms with Crippen molar-refractivity contribution in [1.82, 2.24) is 5.32 Å². The van der Waals surface area contributed by atoms with Crippen molar-refractivity contribution in [3.63, 3.8) is 0 Å². The lowest BCUT2D eigenvalue weighted by Crippen LogP contribution is -2.25. The summed E-state index contributed by atoms with van der Waals surface area (Å²) in [5, 5.41) is 2.95. The summed E-state index contributed by atoms with van der Waals surface area (Å²) >= 11 is 0. The van der Waals surface area contributed by atoms with Crippen LogP contribution in [0.1, 0.15) is 21.5 Å². The van der Waals surface area contributed by atoms with E-state index in [2.05, 4.69) is 34.5 Å². The van der Waals surface area contributed by atoms with Gasteiger partial charge in [-0.1, -0.05) is 29.8 Å². The van der Waals surface area contributed by atoms with E-state index in [4.69, 9.17) is 0 Å². The summed E-state index contributed by atoms with van der Waals surface area (Å²) in [6.07, 6.45) is 0.839. The maximum Gasteiger partial charge on any atom is 0.251 e. The predicted molar refractivity (Wildman–Crippen MR) is 88.0 cm³/mol. The third-order valence-corrected chi connectivity index (χ3v) is 3.47. The first-order valence-electron chi connectivity index (χ1n) is 7.17. The lowest BCUT2D eigenvalue weighted by Gasteiger charge is -2.12. The smallest absolute Gasteiger partial charge is 0.251 e. The van der Waals surface area contributed by atoms with E-state index in [1.54, 1.807) is 0 Å². The van der Waals surface area contributed by atoms with Gasteiger partial charge in [0.05, 0.1) is 0 Å². The highest BCUT2D eigenvalue weighted by molar-refractivity contribution is 5.94. The zero-order valence-electron chi connectivity index (χ0n) is 12.9. The van der Waals surface area contributed by atoms with Gasteiger partial charge in [0, 0.05) is 31.9 Å². The van der Waals surface area contributed by atoms with Gasteiger partial charge >= 0.3 is 0 Å². The minimum atomic E-state index is -0.0140. The van der Waals surface area contributed by atoms with Gasteiger partial charge in [-0.25, -0.2) is 0 Å². The summed E-state index contributed by atoms with van der Waals surface area (Å²) in [5.74, 6) is -0.0140. The molecule has 3 nitrogen and oxygen atoms in total. The molecule has 21 heavy (non-hydrogen) atoms. The second-order valence-electron chi connectivity index (χ2n) is 5.43. The molecule has 110 valence electrons. The standard InChI is InChI=1S/C18H22N2O/c1-14-4-8-16(9-5-14)18(21)19-13-12-15-6-10-17(11-7-15)20(2)3/h4-11H,12-13H2,1-3H3,(H,19,21). The van der Waals surface area contributed by atoms with Crippen molar-refractivity contribution in [3.8, 4) is 0 Å². The molecule has 2 aromatic rings. The van der Waals surface area contributed by atoms with Crippen LogP contribution in [0.3, 0.4) is 0 Å². The Morgan fingerprint density at radius 2 is 1.62 bits per heavy atom. The average molecular weight is 282 g/mol. The third-order valence-electron chi connectivity index (χ3n) is 3.47. The molecule has 2 rings (SSSR count). The number of aryl methyl sites for hydroxylation is 1. The number of carbonyl (C=O) groups is 1. The van der Waals surface area contributed by atoms with E-state index >= 15 is 0 Å². The van der Waals surface area contributed by atoms with Crippen molar-refractivity contribution in [2.24, 2.45) is 0 Å². The summed E-state index contributed by atoms with van der Waals surface area (Å²) in [4.78, 5) is 14.0. The molecular weight excluding hydrogens is 260 g/mol. The van der Waals surface area contributed by atoms with Crippen LogP contribution in [0.15, 0.2) is 48.5 Å². The van der Waals surface area contributed by atoms with Gasteiger partial charge in [0.15, 0.2) is 0 Å². The second kappa shape index (κ2) is 6.93. The van der Waals surface area contributed by atoms with Crippen LogP contribution in [0.25, 0.3) is 0 Å². The quantitative estimate of drug-likeness (QED) is 0.914. The fourth-order valence-electron chi connectivity index (χ4n) is 2.09. The Labute approximate surface area is 126 Å². The molecule has 0 saturated heterocycles. The van der Waals surface area contributed by atoms with Crippen LogP contribution in [0.2, 0.25) is 0 Å². The third kappa shape index (κ3) is 4.35. The Morgan fingerprint density at radius 3 is 2.19 bits per heavy atom. The molecule has 2 aromatic carbocycles. The zero-order chi connectivity index (χ0) is 15.2. The molecule has 0 saturated carbocycles. The molecule has 3 heteroatoms. The van der Waals surface area contributed by atoms with Gasteiger partial charge in [-0.2, -0.15) is 0 Å². The van der Waals surface area contributed by atoms with E-state index in [0.717, 1.165) is 12.0 Å². The number of rotatable bonds is 5. The minimum Gasteiger partial charge on any atom is -0.378 e. The number of amides is 1. The molecule has 0 aliphatic heterocycles. The lowest BCUT2D eigenvalue weighted by atomic mass is 10.1. The van der Waals surface area contributed by atoms with Gasteiger partial charge in [-0.05, 0) is 43.2 Å². The number of nitrogens with zero attached hydrogens (tertiary/aromatic N) is 1. The first-order chi connectivity index (χ1) is 10.1. The predicted octanol–water partition coefficient (Wildman–Crippen LogP) is 3.03. The van der Waals surface area contributed by atoms with Crippen LogP contribution in [0.5, 0.6) is 0 Å². The van der Waals surface area contributed by atoms with E-state index in [0.29, 0.717) is 12.1 Å². The normalized spacial score (nSPS) is 10.2. The minimum absolute atomic E-state index is 0.0140. The van der Waals surface area contributed by atoms with Crippen molar-refractivity contribution < 1.29 is 4.79 Å². The molecule has 0 aliphatic rings. The number of nitrogens with one attached hydrogen (secondary N) is 1. The van der Waals surface area contributed by atoms with Crippen LogP contribution in [-0.4, -0.2) is 26.5 Å². The number of hydrogen-bond donors (Lipinski definition) is 1. The van der Waals surface area contributed by atoms with Crippen LogP contribution in [0.4, 0.5) is 5.69 Å². The van der Waals surface area contributed by atoms with Crippen molar-refractivity contribution in [2.45, 2.75) is 13.3 Å². The summed E-state index contributed by atoms with van der Waals surface area (Å²) in [6.45, 7) is 2.66. The molecule has 0 aliphatic carbocycles. The molecule has 0 radical (unpaired) electrons.